The van der Waals surface area contributed by atoms with Crippen LogP contribution in [0.3, 0.4) is 0 Å². The topological polar surface area (TPSA) is 69.6 Å². The minimum Gasteiger partial charge on any atom is -0.508 e. The van der Waals surface area contributed by atoms with Crippen molar-refractivity contribution >= 4 is 11.6 Å². The predicted molar refractivity (Wildman–Crippen MR) is 161 cm³/mol. The van der Waals surface area contributed by atoms with Crippen molar-refractivity contribution in [3.63, 3.8) is 0 Å². The van der Waals surface area contributed by atoms with E-state index in [1.807, 2.05) is 24.3 Å². The van der Waals surface area contributed by atoms with E-state index in [4.69, 9.17) is 0 Å². The fourth-order valence-electron chi connectivity index (χ4n) is 5.00. The standard InChI is InChI=1S/C34H53NO3/c1-5-7-8-9-10-11-12-13-14-15-16-17-18-22-33(38)35-29-21-19-20-27(24-29)23-28-25-32(37)30(26-31(28)36)34(3,4)6-2/h19-21,24-26,36-37H,5-18,22-23H2,1-4H3,(H,35,38). The Morgan fingerprint density at radius 1 is 0.763 bits per heavy atom. The molecule has 0 spiro atoms. The van der Waals surface area contributed by atoms with Gasteiger partial charge in [-0.1, -0.05) is 117 Å². The quantitative estimate of drug-likeness (QED) is 0.127. The molecule has 0 saturated heterocycles. The maximum absolute atomic E-state index is 12.5. The summed E-state index contributed by atoms with van der Waals surface area (Å²) >= 11 is 0. The van der Waals surface area contributed by atoms with Crippen LogP contribution < -0.4 is 5.32 Å². The van der Waals surface area contributed by atoms with E-state index in [0.717, 1.165) is 36.1 Å². The van der Waals surface area contributed by atoms with Gasteiger partial charge in [0.1, 0.15) is 11.5 Å². The molecule has 0 aliphatic carbocycles. The highest BCUT2D eigenvalue weighted by atomic mass is 16.3. The Labute approximate surface area is 232 Å². The Hall–Kier alpha value is -2.49. The fraction of sp³-hybridized carbons (Fsp3) is 0.618. The lowest BCUT2D eigenvalue weighted by Gasteiger charge is -2.25. The van der Waals surface area contributed by atoms with E-state index in [1.165, 1.54) is 70.6 Å². The molecule has 0 bridgehead atoms. The van der Waals surface area contributed by atoms with Crippen LogP contribution in [0.15, 0.2) is 36.4 Å². The maximum Gasteiger partial charge on any atom is 0.224 e. The lowest BCUT2D eigenvalue weighted by Crippen LogP contribution is -2.15. The van der Waals surface area contributed by atoms with Crippen molar-refractivity contribution in [3.05, 3.63) is 53.1 Å². The zero-order valence-corrected chi connectivity index (χ0v) is 24.6. The summed E-state index contributed by atoms with van der Waals surface area (Å²) in [5.74, 6) is 0.458. The van der Waals surface area contributed by atoms with Gasteiger partial charge < -0.3 is 15.5 Å². The number of nitrogens with one attached hydrogen (secondary N) is 1. The molecule has 0 radical (unpaired) electrons. The van der Waals surface area contributed by atoms with Gasteiger partial charge in [-0.2, -0.15) is 0 Å². The second-order valence-corrected chi connectivity index (χ2v) is 11.7. The Morgan fingerprint density at radius 3 is 1.92 bits per heavy atom. The van der Waals surface area contributed by atoms with E-state index in [1.54, 1.807) is 12.1 Å². The van der Waals surface area contributed by atoms with Crippen LogP contribution in [0.1, 0.15) is 141 Å². The van der Waals surface area contributed by atoms with Gasteiger partial charge in [-0.05, 0) is 48.1 Å². The first-order chi connectivity index (χ1) is 18.3. The van der Waals surface area contributed by atoms with Crippen molar-refractivity contribution in [2.45, 2.75) is 136 Å². The molecule has 2 aromatic carbocycles. The Balaban J connectivity index is 1.68. The minimum atomic E-state index is -0.211. The molecule has 2 aromatic rings. The monoisotopic (exact) mass is 523 g/mol. The van der Waals surface area contributed by atoms with E-state index in [2.05, 4.69) is 33.0 Å². The molecule has 1 amide bonds. The molecule has 38 heavy (non-hydrogen) atoms. The second kappa shape index (κ2) is 17.2. The molecule has 2 rings (SSSR count). The van der Waals surface area contributed by atoms with Crippen molar-refractivity contribution in [1.82, 2.24) is 0 Å². The number of carbonyl (C=O) groups excluding carboxylic acids is 1. The molecule has 4 heteroatoms. The van der Waals surface area contributed by atoms with Crippen LogP contribution in [0, 0.1) is 0 Å². The lowest BCUT2D eigenvalue weighted by molar-refractivity contribution is -0.116. The highest BCUT2D eigenvalue weighted by molar-refractivity contribution is 5.90. The van der Waals surface area contributed by atoms with Gasteiger partial charge in [0.05, 0.1) is 0 Å². The summed E-state index contributed by atoms with van der Waals surface area (Å²) < 4.78 is 0. The molecule has 0 aliphatic rings. The average molecular weight is 524 g/mol. The number of rotatable bonds is 19. The van der Waals surface area contributed by atoms with Gasteiger partial charge in [0.15, 0.2) is 0 Å². The van der Waals surface area contributed by atoms with Crippen molar-refractivity contribution in [2.75, 3.05) is 5.32 Å². The van der Waals surface area contributed by atoms with E-state index in [9.17, 15) is 15.0 Å². The van der Waals surface area contributed by atoms with Crippen molar-refractivity contribution in [1.29, 1.82) is 0 Å². The molecule has 3 N–H and O–H groups in total. The predicted octanol–water partition coefficient (Wildman–Crippen LogP) is 9.80. The summed E-state index contributed by atoms with van der Waals surface area (Å²) in [6.45, 7) is 8.46. The molecule has 4 nitrogen and oxygen atoms in total. The summed E-state index contributed by atoms with van der Waals surface area (Å²) in [5, 5.41) is 24.2. The van der Waals surface area contributed by atoms with Gasteiger partial charge in [-0.15, -0.1) is 0 Å². The number of aromatic hydroxyl groups is 2. The largest absolute Gasteiger partial charge is 0.508 e. The summed E-state index contributed by atoms with van der Waals surface area (Å²) in [6, 6.07) is 11.1. The first-order valence-electron chi connectivity index (χ1n) is 15.2. The van der Waals surface area contributed by atoms with Gasteiger partial charge in [-0.3, -0.25) is 4.79 Å². The lowest BCUT2D eigenvalue weighted by atomic mass is 9.81. The molecule has 0 atom stereocenters. The summed E-state index contributed by atoms with van der Waals surface area (Å²) in [4.78, 5) is 12.5. The Kier molecular flexibility index (Phi) is 14.3. The van der Waals surface area contributed by atoms with Gasteiger partial charge in [0.2, 0.25) is 5.91 Å². The number of carbonyl (C=O) groups is 1. The third kappa shape index (κ3) is 11.5. The smallest absolute Gasteiger partial charge is 0.224 e. The normalized spacial score (nSPS) is 11.6. The average Bonchev–Trinajstić information content (AvgIpc) is 2.89. The molecular formula is C34H53NO3. The van der Waals surface area contributed by atoms with Gasteiger partial charge in [0, 0.05) is 29.7 Å². The van der Waals surface area contributed by atoms with E-state index >= 15 is 0 Å². The van der Waals surface area contributed by atoms with Gasteiger partial charge >= 0.3 is 0 Å². The molecule has 0 aliphatic heterocycles. The first kappa shape index (κ1) is 31.7. The van der Waals surface area contributed by atoms with Crippen molar-refractivity contribution < 1.29 is 15.0 Å². The maximum atomic E-state index is 12.5. The third-order valence-electron chi connectivity index (χ3n) is 7.92. The Morgan fingerprint density at radius 2 is 1.34 bits per heavy atom. The Bertz CT molecular complexity index is 966. The van der Waals surface area contributed by atoms with Crippen LogP contribution in [-0.2, 0) is 16.6 Å². The molecule has 0 fully saturated rings. The van der Waals surface area contributed by atoms with Gasteiger partial charge in [-0.25, -0.2) is 0 Å². The van der Waals surface area contributed by atoms with E-state index in [0.29, 0.717) is 18.4 Å². The van der Waals surface area contributed by atoms with E-state index < -0.39 is 0 Å². The molecule has 0 unspecified atom stereocenters. The number of phenols is 2. The van der Waals surface area contributed by atoms with Crippen LogP contribution in [0.5, 0.6) is 11.5 Å². The summed E-state index contributed by atoms with van der Waals surface area (Å²) in [5.41, 5.74) is 2.97. The zero-order chi connectivity index (χ0) is 27.8. The fourth-order valence-corrected chi connectivity index (χ4v) is 5.00. The number of hydrogen-bond acceptors (Lipinski definition) is 3. The number of anilines is 1. The van der Waals surface area contributed by atoms with Crippen molar-refractivity contribution in [2.24, 2.45) is 0 Å². The molecule has 0 saturated carbocycles. The summed E-state index contributed by atoms with van der Waals surface area (Å²) in [6.07, 6.45) is 18.7. The number of phenolic OH excluding ortho intramolecular Hbond substituents is 2. The molecule has 0 heterocycles. The highest BCUT2D eigenvalue weighted by Gasteiger charge is 2.23. The van der Waals surface area contributed by atoms with Crippen molar-refractivity contribution in [3.8, 4) is 11.5 Å². The summed E-state index contributed by atoms with van der Waals surface area (Å²) in [7, 11) is 0. The van der Waals surface area contributed by atoms with Crippen LogP contribution >= 0.6 is 0 Å². The number of amides is 1. The van der Waals surface area contributed by atoms with Gasteiger partial charge in [0.25, 0.3) is 0 Å². The van der Waals surface area contributed by atoms with Crippen LogP contribution in [0.25, 0.3) is 0 Å². The molecular weight excluding hydrogens is 470 g/mol. The first-order valence-corrected chi connectivity index (χ1v) is 15.2. The minimum absolute atomic E-state index is 0.0527. The third-order valence-corrected chi connectivity index (χ3v) is 7.92. The molecule has 0 aromatic heterocycles. The number of unbranched alkanes of at least 4 members (excludes halogenated alkanes) is 12. The number of benzene rings is 2. The van der Waals surface area contributed by atoms with Crippen LogP contribution in [-0.4, -0.2) is 16.1 Å². The molecule has 212 valence electrons. The van der Waals surface area contributed by atoms with Crippen LogP contribution in [0.4, 0.5) is 5.69 Å². The number of hydrogen-bond donors (Lipinski definition) is 3. The zero-order valence-electron chi connectivity index (χ0n) is 24.6. The van der Waals surface area contributed by atoms with Crippen LogP contribution in [0.2, 0.25) is 0 Å². The highest BCUT2D eigenvalue weighted by Crippen LogP contribution is 2.38. The second-order valence-electron chi connectivity index (χ2n) is 11.7. The van der Waals surface area contributed by atoms with E-state index in [-0.39, 0.29) is 22.8 Å². The SMILES string of the molecule is CCCCCCCCCCCCCCCC(=O)Nc1cccc(Cc2cc(O)c(C(C)(C)CC)cc2O)c1.